The SMILES string of the molecule is C#CCOc1cc(Br)c(/C=C2/SC(=O)N(c3ccc(Cl)cc3)C2=O)cc1OCC. The summed E-state index contributed by atoms with van der Waals surface area (Å²) in [5.41, 5.74) is 1.13. The molecule has 0 bridgehead atoms. The summed E-state index contributed by atoms with van der Waals surface area (Å²) in [6, 6.07) is 9.96. The summed E-state index contributed by atoms with van der Waals surface area (Å²) in [4.78, 5) is 26.7. The van der Waals surface area contributed by atoms with Crippen LogP contribution in [0.2, 0.25) is 5.02 Å². The van der Waals surface area contributed by atoms with Crippen molar-refractivity contribution in [3.63, 3.8) is 0 Å². The van der Waals surface area contributed by atoms with Crippen LogP contribution in [0.5, 0.6) is 11.5 Å². The van der Waals surface area contributed by atoms with Gasteiger partial charge in [-0.15, -0.1) is 6.42 Å². The molecule has 1 fully saturated rings. The van der Waals surface area contributed by atoms with Crippen LogP contribution in [0, 0.1) is 12.3 Å². The molecule has 2 aromatic carbocycles. The maximum absolute atomic E-state index is 12.8. The molecule has 0 unspecified atom stereocenters. The molecular weight excluding hydrogens is 478 g/mol. The molecule has 2 aromatic rings. The van der Waals surface area contributed by atoms with Gasteiger partial charge in [0.25, 0.3) is 11.1 Å². The minimum Gasteiger partial charge on any atom is -0.490 e. The molecule has 5 nitrogen and oxygen atoms in total. The van der Waals surface area contributed by atoms with E-state index in [1.807, 2.05) is 6.92 Å². The lowest BCUT2D eigenvalue weighted by atomic mass is 10.1. The zero-order chi connectivity index (χ0) is 21.0. The topological polar surface area (TPSA) is 55.8 Å². The number of terminal acetylenes is 1. The van der Waals surface area contributed by atoms with Gasteiger partial charge in [-0.3, -0.25) is 9.59 Å². The minimum absolute atomic E-state index is 0.103. The zero-order valence-corrected chi connectivity index (χ0v) is 18.4. The first-order chi connectivity index (χ1) is 13.9. The van der Waals surface area contributed by atoms with Crippen molar-refractivity contribution in [3.05, 3.63) is 56.4 Å². The molecule has 0 aromatic heterocycles. The van der Waals surface area contributed by atoms with Crippen molar-refractivity contribution in [1.82, 2.24) is 0 Å². The van der Waals surface area contributed by atoms with Gasteiger partial charge in [0, 0.05) is 9.50 Å². The van der Waals surface area contributed by atoms with Crippen LogP contribution in [-0.4, -0.2) is 24.4 Å². The summed E-state index contributed by atoms with van der Waals surface area (Å²) >= 11 is 10.2. The van der Waals surface area contributed by atoms with Gasteiger partial charge in [-0.2, -0.15) is 0 Å². The van der Waals surface area contributed by atoms with Crippen LogP contribution in [0.3, 0.4) is 0 Å². The number of carbonyl (C=O) groups is 2. The van der Waals surface area contributed by atoms with Crippen LogP contribution in [0.1, 0.15) is 12.5 Å². The fourth-order valence-corrected chi connectivity index (χ4v) is 3.98. The first kappa shape index (κ1) is 21.3. The molecule has 29 heavy (non-hydrogen) atoms. The van der Waals surface area contributed by atoms with Crippen molar-refractivity contribution in [3.8, 4) is 23.8 Å². The van der Waals surface area contributed by atoms with E-state index in [9.17, 15) is 9.59 Å². The third-order valence-corrected chi connectivity index (χ3v) is 5.65. The Morgan fingerprint density at radius 2 is 1.90 bits per heavy atom. The summed E-state index contributed by atoms with van der Waals surface area (Å²) in [6.07, 6.45) is 6.89. The molecule has 3 rings (SSSR count). The number of hydrogen-bond donors (Lipinski definition) is 0. The number of halogens is 2. The van der Waals surface area contributed by atoms with Crippen LogP contribution >= 0.6 is 39.3 Å². The Hall–Kier alpha value is -2.40. The molecule has 1 aliphatic heterocycles. The highest BCUT2D eigenvalue weighted by molar-refractivity contribution is 9.10. The molecule has 0 N–H and O–H groups in total. The van der Waals surface area contributed by atoms with Crippen LogP contribution in [0.25, 0.3) is 6.08 Å². The van der Waals surface area contributed by atoms with Gasteiger partial charge >= 0.3 is 0 Å². The Bertz CT molecular complexity index is 1030. The molecule has 1 heterocycles. The minimum atomic E-state index is -0.403. The van der Waals surface area contributed by atoms with E-state index >= 15 is 0 Å². The maximum Gasteiger partial charge on any atom is 0.298 e. The monoisotopic (exact) mass is 491 g/mol. The maximum atomic E-state index is 12.8. The standard InChI is InChI=1S/C21H15BrClNO4S/c1-3-9-28-18-12-16(22)13(10-17(18)27-4-2)11-19-20(25)24(21(26)29-19)15-7-5-14(23)6-8-15/h1,5-8,10-12H,4,9H2,2H3/b19-11+. The smallest absolute Gasteiger partial charge is 0.298 e. The van der Waals surface area contributed by atoms with E-state index in [0.717, 1.165) is 16.7 Å². The van der Waals surface area contributed by atoms with Crippen LogP contribution < -0.4 is 14.4 Å². The fraction of sp³-hybridized carbons (Fsp3) is 0.143. The number of nitrogens with zero attached hydrogens (tertiary/aromatic N) is 1. The lowest BCUT2D eigenvalue weighted by Crippen LogP contribution is -2.27. The average Bonchev–Trinajstić information content (AvgIpc) is 2.97. The van der Waals surface area contributed by atoms with E-state index in [0.29, 0.717) is 43.8 Å². The number of hydrogen-bond acceptors (Lipinski definition) is 5. The highest BCUT2D eigenvalue weighted by atomic mass is 79.9. The van der Waals surface area contributed by atoms with Gasteiger partial charge < -0.3 is 9.47 Å². The summed E-state index contributed by atoms with van der Waals surface area (Å²) in [5, 5.41) is 0.148. The van der Waals surface area contributed by atoms with E-state index in [2.05, 4.69) is 21.9 Å². The van der Waals surface area contributed by atoms with Crippen molar-refractivity contribution in [2.45, 2.75) is 6.92 Å². The van der Waals surface area contributed by atoms with E-state index in [1.165, 1.54) is 0 Å². The lowest BCUT2D eigenvalue weighted by molar-refractivity contribution is -0.113. The third kappa shape index (κ3) is 4.78. The van der Waals surface area contributed by atoms with Crippen molar-refractivity contribution in [1.29, 1.82) is 0 Å². The van der Waals surface area contributed by atoms with Crippen molar-refractivity contribution in [2.75, 3.05) is 18.1 Å². The van der Waals surface area contributed by atoms with Crippen molar-refractivity contribution >= 4 is 62.2 Å². The molecule has 1 saturated heterocycles. The summed E-state index contributed by atoms with van der Waals surface area (Å²) in [6.45, 7) is 2.39. The largest absolute Gasteiger partial charge is 0.490 e. The number of anilines is 1. The average molecular weight is 493 g/mol. The van der Waals surface area contributed by atoms with E-state index in [4.69, 9.17) is 27.5 Å². The summed E-state index contributed by atoms with van der Waals surface area (Å²) in [5.74, 6) is 2.99. The Labute approximate surface area is 186 Å². The molecule has 0 saturated carbocycles. The molecule has 148 valence electrons. The highest BCUT2D eigenvalue weighted by Gasteiger charge is 2.36. The molecule has 0 spiro atoms. The van der Waals surface area contributed by atoms with Gasteiger partial charge in [0.2, 0.25) is 0 Å². The molecule has 1 aliphatic rings. The molecule has 0 atom stereocenters. The first-order valence-corrected chi connectivity index (χ1v) is 10.5. The quantitative estimate of drug-likeness (QED) is 0.379. The van der Waals surface area contributed by atoms with Gasteiger partial charge in [-0.1, -0.05) is 33.5 Å². The third-order valence-electron chi connectivity index (χ3n) is 3.84. The Morgan fingerprint density at radius 3 is 2.55 bits per heavy atom. The molecule has 2 amide bonds. The van der Waals surface area contributed by atoms with Gasteiger partial charge in [0.1, 0.15) is 6.61 Å². The number of rotatable bonds is 6. The van der Waals surface area contributed by atoms with Gasteiger partial charge in [0.05, 0.1) is 17.2 Å². The number of imide groups is 1. The Morgan fingerprint density at radius 1 is 1.21 bits per heavy atom. The summed E-state index contributed by atoms with van der Waals surface area (Å²) < 4.78 is 11.8. The summed E-state index contributed by atoms with van der Waals surface area (Å²) in [7, 11) is 0. The highest BCUT2D eigenvalue weighted by Crippen LogP contribution is 2.39. The number of amides is 2. The molecule has 0 radical (unpaired) electrons. The number of carbonyl (C=O) groups excluding carboxylic acids is 2. The first-order valence-electron chi connectivity index (χ1n) is 8.50. The van der Waals surface area contributed by atoms with Crippen molar-refractivity contribution < 1.29 is 19.1 Å². The second kappa shape index (κ2) is 9.40. The van der Waals surface area contributed by atoms with E-state index < -0.39 is 5.91 Å². The second-order valence-electron chi connectivity index (χ2n) is 5.74. The number of ether oxygens (including phenoxy) is 2. The van der Waals surface area contributed by atoms with Gasteiger partial charge in [-0.25, -0.2) is 4.90 Å². The molecular formula is C21H15BrClNO4S. The van der Waals surface area contributed by atoms with Gasteiger partial charge in [0.15, 0.2) is 11.5 Å². The Balaban J connectivity index is 1.94. The second-order valence-corrected chi connectivity index (χ2v) is 8.02. The normalized spacial score (nSPS) is 15.0. The lowest BCUT2D eigenvalue weighted by Gasteiger charge is -2.13. The number of benzene rings is 2. The fourth-order valence-electron chi connectivity index (χ4n) is 2.58. The van der Waals surface area contributed by atoms with Crippen LogP contribution in [-0.2, 0) is 4.79 Å². The van der Waals surface area contributed by atoms with Crippen LogP contribution in [0.4, 0.5) is 10.5 Å². The van der Waals surface area contributed by atoms with E-state index in [-0.39, 0.29) is 11.8 Å². The molecule has 8 heteroatoms. The van der Waals surface area contributed by atoms with Crippen LogP contribution in [0.15, 0.2) is 45.8 Å². The predicted octanol–water partition coefficient (Wildman–Crippen LogP) is 5.75. The predicted molar refractivity (Wildman–Crippen MR) is 120 cm³/mol. The van der Waals surface area contributed by atoms with Gasteiger partial charge in [-0.05, 0) is 66.7 Å². The molecule has 0 aliphatic carbocycles. The Kier molecular flexibility index (Phi) is 6.91. The van der Waals surface area contributed by atoms with E-state index in [1.54, 1.807) is 42.5 Å². The number of thioether (sulfide) groups is 1. The zero-order valence-electron chi connectivity index (χ0n) is 15.3. The van der Waals surface area contributed by atoms with Crippen molar-refractivity contribution in [2.24, 2.45) is 0 Å².